The molecule has 2 aliphatic heterocycles. The van der Waals surface area contributed by atoms with Gasteiger partial charge in [0.2, 0.25) is 18.2 Å². The molecule has 0 N–H and O–H groups in total. The highest BCUT2D eigenvalue weighted by molar-refractivity contribution is 6.32. The van der Waals surface area contributed by atoms with Gasteiger partial charge >= 0.3 is 0 Å². The number of aromatic nitrogens is 5. The number of hydrogen-bond donors (Lipinski definition) is 0. The van der Waals surface area contributed by atoms with Crippen molar-refractivity contribution in [3.05, 3.63) is 60.1 Å². The predicted molar refractivity (Wildman–Crippen MR) is 145 cm³/mol. The van der Waals surface area contributed by atoms with Gasteiger partial charge in [-0.1, -0.05) is 41.0 Å². The van der Waals surface area contributed by atoms with E-state index in [1.165, 1.54) is 6.39 Å². The molecule has 3 aromatic heterocycles. The van der Waals surface area contributed by atoms with Crippen molar-refractivity contribution in [2.75, 3.05) is 40.9 Å². The molecule has 4 aromatic rings. The maximum Gasteiger partial charge on any atom is 0.228 e. The second-order valence-corrected chi connectivity index (χ2v) is 10.1. The minimum absolute atomic E-state index is 0.221. The topological polar surface area (TPSA) is 87.3 Å². The van der Waals surface area contributed by atoms with Gasteiger partial charge < -0.3 is 19.2 Å². The molecule has 2 aliphatic rings. The zero-order valence-electron chi connectivity index (χ0n) is 21.0. The maximum absolute atomic E-state index is 6.44. The van der Waals surface area contributed by atoms with Crippen LogP contribution in [-0.2, 0) is 0 Å². The molecule has 0 spiro atoms. The molecule has 0 aliphatic carbocycles. The Labute approximate surface area is 221 Å². The molecule has 1 unspecified atom stereocenters. The van der Waals surface area contributed by atoms with Crippen molar-refractivity contribution >= 4 is 29.2 Å². The molecule has 9 nitrogen and oxygen atoms in total. The Morgan fingerprint density at radius 1 is 0.919 bits per heavy atom. The summed E-state index contributed by atoms with van der Waals surface area (Å²) in [5.41, 5.74) is 2.83. The largest absolute Gasteiger partial charge is 0.352 e. The number of halogens is 1. The molecule has 0 radical (unpaired) electrons. The Balaban J connectivity index is 1.32. The Hall–Kier alpha value is -3.72. The van der Waals surface area contributed by atoms with Gasteiger partial charge in [-0.2, -0.15) is 9.97 Å². The Morgan fingerprint density at radius 3 is 2.46 bits per heavy atom. The Kier molecular flexibility index (Phi) is 6.38. The maximum atomic E-state index is 6.44. The smallest absolute Gasteiger partial charge is 0.228 e. The standard InChI is InChI=1S/C27H29ClN8O/c1-18-5-4-12-36(18)27-31-23(20-7-9-21(10-8-20)25-30-17-37-33-25)15-24(32-27)35-14-13-34(16-19(35)2)26-22(28)6-3-11-29-26/h3,6-11,15,17-19H,4-5,12-14,16H2,1-2H3/t18?,19-/m1/s1. The molecule has 10 heteroatoms. The van der Waals surface area contributed by atoms with Crippen molar-refractivity contribution in [2.45, 2.75) is 38.8 Å². The number of pyridine rings is 1. The fraction of sp³-hybridized carbons (Fsp3) is 0.370. The van der Waals surface area contributed by atoms with Crippen LogP contribution in [0, 0.1) is 0 Å². The minimum atomic E-state index is 0.221. The lowest BCUT2D eigenvalue weighted by Gasteiger charge is -2.41. The number of piperazine rings is 1. The normalized spacial score (nSPS) is 20.0. The first-order valence-electron chi connectivity index (χ1n) is 12.7. The van der Waals surface area contributed by atoms with Gasteiger partial charge in [0.1, 0.15) is 11.6 Å². The first-order valence-corrected chi connectivity index (χ1v) is 13.1. The highest BCUT2D eigenvalue weighted by Crippen LogP contribution is 2.32. The van der Waals surface area contributed by atoms with E-state index in [4.69, 9.17) is 26.1 Å². The monoisotopic (exact) mass is 516 g/mol. The summed E-state index contributed by atoms with van der Waals surface area (Å²) in [7, 11) is 0. The van der Waals surface area contributed by atoms with Gasteiger partial charge in [-0.05, 0) is 38.8 Å². The molecule has 5 heterocycles. The summed E-state index contributed by atoms with van der Waals surface area (Å²) in [6.07, 6.45) is 5.44. The van der Waals surface area contributed by atoms with E-state index in [9.17, 15) is 0 Å². The van der Waals surface area contributed by atoms with Crippen molar-refractivity contribution in [3.63, 3.8) is 0 Å². The lowest BCUT2D eigenvalue weighted by Crippen LogP contribution is -2.52. The van der Waals surface area contributed by atoms with Crippen molar-refractivity contribution in [3.8, 4) is 22.6 Å². The number of nitrogens with zero attached hydrogens (tertiary/aromatic N) is 8. The molecule has 0 amide bonds. The van der Waals surface area contributed by atoms with E-state index in [2.05, 4.69) is 61.9 Å². The SMILES string of the molecule is CC1CCCN1c1nc(-c2ccc(-c3ncon3)cc2)cc(N2CCN(c3ncccc3Cl)C[C@H]2C)n1. The van der Waals surface area contributed by atoms with Gasteiger partial charge in [0.25, 0.3) is 0 Å². The van der Waals surface area contributed by atoms with E-state index in [0.29, 0.717) is 16.9 Å². The average molecular weight is 517 g/mol. The lowest BCUT2D eigenvalue weighted by atomic mass is 10.1. The van der Waals surface area contributed by atoms with E-state index in [0.717, 1.165) is 73.4 Å². The van der Waals surface area contributed by atoms with Crippen LogP contribution in [0.5, 0.6) is 0 Å². The molecule has 190 valence electrons. The van der Waals surface area contributed by atoms with Gasteiger partial charge in [-0.3, -0.25) is 0 Å². The number of hydrogen-bond acceptors (Lipinski definition) is 9. The molecule has 0 bridgehead atoms. The van der Waals surface area contributed by atoms with E-state index < -0.39 is 0 Å². The summed E-state index contributed by atoms with van der Waals surface area (Å²) in [6, 6.07) is 14.6. The van der Waals surface area contributed by atoms with E-state index >= 15 is 0 Å². The van der Waals surface area contributed by atoms with E-state index in [1.807, 2.05) is 24.3 Å². The molecular formula is C27H29ClN8O. The van der Waals surface area contributed by atoms with Crippen LogP contribution in [0.2, 0.25) is 5.02 Å². The summed E-state index contributed by atoms with van der Waals surface area (Å²) in [6.45, 7) is 7.89. The van der Waals surface area contributed by atoms with Crippen LogP contribution in [0.3, 0.4) is 0 Å². The van der Waals surface area contributed by atoms with Crippen LogP contribution in [0.15, 0.2) is 59.6 Å². The average Bonchev–Trinajstić information content (AvgIpc) is 3.61. The van der Waals surface area contributed by atoms with Crippen LogP contribution in [0.25, 0.3) is 22.6 Å². The molecule has 37 heavy (non-hydrogen) atoms. The van der Waals surface area contributed by atoms with Crippen LogP contribution in [-0.4, -0.2) is 63.4 Å². The molecule has 2 fully saturated rings. The summed E-state index contributed by atoms with van der Waals surface area (Å²) in [5.74, 6) is 3.15. The van der Waals surface area contributed by atoms with Gasteiger partial charge in [0.05, 0.1) is 10.7 Å². The summed E-state index contributed by atoms with van der Waals surface area (Å²) < 4.78 is 4.89. The van der Waals surface area contributed by atoms with Crippen LogP contribution in [0.4, 0.5) is 17.6 Å². The minimum Gasteiger partial charge on any atom is -0.352 e. The van der Waals surface area contributed by atoms with Gasteiger partial charge in [-0.15, -0.1) is 0 Å². The quantitative estimate of drug-likeness (QED) is 0.365. The zero-order valence-corrected chi connectivity index (χ0v) is 21.7. The molecule has 0 saturated carbocycles. The molecule has 2 saturated heterocycles. The highest BCUT2D eigenvalue weighted by atomic mass is 35.5. The molecular weight excluding hydrogens is 488 g/mol. The van der Waals surface area contributed by atoms with Gasteiger partial charge in [0.15, 0.2) is 0 Å². The molecule has 1 aromatic carbocycles. The first kappa shape index (κ1) is 23.7. The fourth-order valence-electron chi connectivity index (χ4n) is 5.26. The van der Waals surface area contributed by atoms with Crippen LogP contribution >= 0.6 is 11.6 Å². The van der Waals surface area contributed by atoms with Crippen molar-refractivity contribution in [2.24, 2.45) is 0 Å². The molecule has 2 atom stereocenters. The van der Waals surface area contributed by atoms with E-state index in [1.54, 1.807) is 6.20 Å². The summed E-state index contributed by atoms with van der Waals surface area (Å²) >= 11 is 6.44. The van der Waals surface area contributed by atoms with Crippen LogP contribution in [0.1, 0.15) is 26.7 Å². The summed E-state index contributed by atoms with van der Waals surface area (Å²) in [5, 5.41) is 4.62. The zero-order chi connectivity index (χ0) is 25.4. The van der Waals surface area contributed by atoms with Crippen LogP contribution < -0.4 is 14.7 Å². The van der Waals surface area contributed by atoms with Crippen molar-refractivity contribution < 1.29 is 4.52 Å². The van der Waals surface area contributed by atoms with Crippen molar-refractivity contribution in [1.82, 2.24) is 25.1 Å². The van der Waals surface area contributed by atoms with Crippen molar-refractivity contribution in [1.29, 1.82) is 0 Å². The third-order valence-corrected chi connectivity index (χ3v) is 7.57. The third kappa shape index (κ3) is 4.71. The second-order valence-electron chi connectivity index (χ2n) is 9.73. The number of benzene rings is 1. The summed E-state index contributed by atoms with van der Waals surface area (Å²) in [4.78, 5) is 25.7. The highest BCUT2D eigenvalue weighted by Gasteiger charge is 2.29. The predicted octanol–water partition coefficient (Wildman–Crippen LogP) is 4.95. The second kappa shape index (κ2) is 9.97. The van der Waals surface area contributed by atoms with Gasteiger partial charge in [-0.25, -0.2) is 9.97 Å². The Bertz CT molecular complexity index is 1360. The number of anilines is 3. The lowest BCUT2D eigenvalue weighted by molar-refractivity contribution is 0.419. The third-order valence-electron chi connectivity index (χ3n) is 7.27. The fourth-order valence-corrected chi connectivity index (χ4v) is 5.51. The first-order chi connectivity index (χ1) is 18.1. The van der Waals surface area contributed by atoms with E-state index in [-0.39, 0.29) is 6.04 Å². The molecule has 6 rings (SSSR count). The number of rotatable bonds is 5. The van der Waals surface area contributed by atoms with Gasteiger partial charge in [0, 0.05) is 61.7 Å². The Morgan fingerprint density at radius 2 is 1.76 bits per heavy atom.